The highest BCUT2D eigenvalue weighted by Gasteiger charge is 2.32. The molecule has 3 aromatic heterocycles. The van der Waals surface area contributed by atoms with Crippen molar-refractivity contribution >= 4 is 49.9 Å². The highest BCUT2D eigenvalue weighted by Crippen LogP contribution is 2.42. The van der Waals surface area contributed by atoms with Crippen molar-refractivity contribution in [2.75, 3.05) is 25.6 Å². The minimum atomic E-state index is -0.0448. The molecule has 0 spiro atoms. The summed E-state index contributed by atoms with van der Waals surface area (Å²) in [5, 5.41) is 14.1. The standard InChI is InChI=1S/C23H24N6O3S/c1-31-18-10-16-14(11-26-28-16)8-17(18)27-21-20-15-5-4-13(23(30)29-6-2-3-7-32-29)9-19(15)33-22(20)25-12-24-21/h8,10-13H,2-7,9H2,1H3,(H,26,28)(H,24,25,27)/t13-/m0/s1. The Kier molecular flexibility index (Phi) is 5.11. The van der Waals surface area contributed by atoms with Crippen LogP contribution in [0, 0.1) is 5.92 Å². The van der Waals surface area contributed by atoms with Crippen LogP contribution in [-0.4, -0.2) is 51.4 Å². The molecule has 0 radical (unpaired) electrons. The van der Waals surface area contributed by atoms with E-state index < -0.39 is 0 Å². The summed E-state index contributed by atoms with van der Waals surface area (Å²) < 4.78 is 5.59. The number of carbonyl (C=O) groups is 1. The molecule has 1 aliphatic heterocycles. The average Bonchev–Trinajstić information content (AvgIpc) is 3.47. The first-order valence-corrected chi connectivity index (χ1v) is 12.0. The van der Waals surface area contributed by atoms with Gasteiger partial charge in [0, 0.05) is 28.8 Å². The number of aromatic nitrogens is 4. The van der Waals surface area contributed by atoms with Crippen LogP contribution in [0.1, 0.15) is 29.7 Å². The number of thiophene rings is 1. The molecule has 10 heteroatoms. The van der Waals surface area contributed by atoms with Crippen LogP contribution >= 0.6 is 11.3 Å². The second-order valence-corrected chi connectivity index (χ2v) is 9.54. The van der Waals surface area contributed by atoms with Crippen LogP contribution in [0.15, 0.2) is 24.7 Å². The van der Waals surface area contributed by atoms with Crippen molar-refractivity contribution in [3.05, 3.63) is 35.1 Å². The smallest absolute Gasteiger partial charge is 0.249 e. The topological polar surface area (TPSA) is 105 Å². The fraction of sp³-hybridized carbons (Fsp3) is 0.391. The van der Waals surface area contributed by atoms with Crippen LogP contribution in [0.2, 0.25) is 0 Å². The fourth-order valence-electron chi connectivity index (χ4n) is 4.76. The predicted molar refractivity (Wildman–Crippen MR) is 126 cm³/mol. The molecular formula is C23H24N6O3S. The van der Waals surface area contributed by atoms with Crippen LogP contribution in [0.5, 0.6) is 5.75 Å². The van der Waals surface area contributed by atoms with E-state index in [1.165, 1.54) is 10.4 Å². The quantitative estimate of drug-likeness (QED) is 0.471. The van der Waals surface area contributed by atoms with E-state index in [9.17, 15) is 4.79 Å². The average molecular weight is 465 g/mol. The van der Waals surface area contributed by atoms with E-state index >= 15 is 0 Å². The number of benzene rings is 1. The normalized spacial score (nSPS) is 18.5. The zero-order valence-electron chi connectivity index (χ0n) is 18.3. The van der Waals surface area contributed by atoms with Crippen LogP contribution < -0.4 is 10.1 Å². The van der Waals surface area contributed by atoms with Gasteiger partial charge in [-0.2, -0.15) is 5.10 Å². The summed E-state index contributed by atoms with van der Waals surface area (Å²) in [5.74, 6) is 1.52. The maximum absolute atomic E-state index is 13.0. The number of aromatic amines is 1. The Morgan fingerprint density at radius 1 is 1.33 bits per heavy atom. The number of nitrogens with zero attached hydrogens (tertiary/aromatic N) is 4. The number of amides is 1. The zero-order chi connectivity index (χ0) is 22.4. The van der Waals surface area contributed by atoms with Crippen LogP contribution in [-0.2, 0) is 22.5 Å². The summed E-state index contributed by atoms with van der Waals surface area (Å²) in [6.45, 7) is 1.32. The number of carbonyl (C=O) groups excluding carboxylic acids is 1. The Morgan fingerprint density at radius 3 is 3.12 bits per heavy atom. The molecule has 2 aliphatic rings. The molecule has 0 saturated carbocycles. The molecule has 1 aromatic carbocycles. The van der Waals surface area contributed by atoms with Gasteiger partial charge in [0.1, 0.15) is 22.7 Å². The third kappa shape index (κ3) is 3.59. The maximum atomic E-state index is 13.0. The summed E-state index contributed by atoms with van der Waals surface area (Å²) in [6, 6.07) is 3.92. The molecule has 1 fully saturated rings. The molecule has 0 unspecified atom stereocenters. The number of ether oxygens (including phenoxy) is 1. The Balaban J connectivity index is 1.32. The van der Waals surface area contributed by atoms with Gasteiger partial charge < -0.3 is 10.1 Å². The number of anilines is 2. The number of rotatable bonds is 4. The van der Waals surface area contributed by atoms with Gasteiger partial charge in [-0.25, -0.2) is 15.0 Å². The second kappa shape index (κ2) is 8.27. The van der Waals surface area contributed by atoms with Gasteiger partial charge in [0.15, 0.2) is 0 Å². The van der Waals surface area contributed by atoms with Crippen molar-refractivity contribution in [1.82, 2.24) is 25.2 Å². The molecule has 1 amide bonds. The first kappa shape index (κ1) is 20.4. The van der Waals surface area contributed by atoms with E-state index in [1.807, 2.05) is 12.1 Å². The largest absolute Gasteiger partial charge is 0.494 e. The van der Waals surface area contributed by atoms with Crippen molar-refractivity contribution < 1.29 is 14.4 Å². The molecule has 0 bridgehead atoms. The van der Waals surface area contributed by atoms with Crippen LogP contribution in [0.3, 0.4) is 0 Å². The summed E-state index contributed by atoms with van der Waals surface area (Å²) in [6.07, 6.45) is 7.73. The van der Waals surface area contributed by atoms with Gasteiger partial charge in [0.05, 0.1) is 36.5 Å². The van der Waals surface area contributed by atoms with Crippen molar-refractivity contribution in [3.8, 4) is 5.75 Å². The van der Waals surface area contributed by atoms with E-state index in [0.717, 1.165) is 64.7 Å². The lowest BCUT2D eigenvalue weighted by atomic mass is 9.87. The third-order valence-electron chi connectivity index (χ3n) is 6.46. The molecule has 170 valence electrons. The van der Waals surface area contributed by atoms with Crippen molar-refractivity contribution in [3.63, 3.8) is 0 Å². The molecule has 6 rings (SSSR count). The lowest BCUT2D eigenvalue weighted by Gasteiger charge is -2.31. The summed E-state index contributed by atoms with van der Waals surface area (Å²) in [5.41, 5.74) is 2.97. The van der Waals surface area contributed by atoms with Gasteiger partial charge in [-0.3, -0.25) is 14.7 Å². The predicted octanol–water partition coefficient (Wildman–Crippen LogP) is 3.98. The van der Waals surface area contributed by atoms with Gasteiger partial charge >= 0.3 is 0 Å². The van der Waals surface area contributed by atoms with Crippen LogP contribution in [0.4, 0.5) is 11.5 Å². The van der Waals surface area contributed by atoms with E-state index in [-0.39, 0.29) is 11.8 Å². The summed E-state index contributed by atoms with van der Waals surface area (Å²) in [4.78, 5) is 29.8. The first-order chi connectivity index (χ1) is 16.2. The monoisotopic (exact) mass is 464 g/mol. The highest BCUT2D eigenvalue weighted by molar-refractivity contribution is 7.19. The summed E-state index contributed by atoms with van der Waals surface area (Å²) in [7, 11) is 1.65. The Hall–Kier alpha value is -3.24. The Morgan fingerprint density at radius 2 is 2.27 bits per heavy atom. The number of hydrogen-bond donors (Lipinski definition) is 2. The fourth-order valence-corrected chi connectivity index (χ4v) is 6.02. The number of hydrogen-bond acceptors (Lipinski definition) is 8. The number of hydroxylamine groups is 2. The van der Waals surface area contributed by atoms with E-state index in [0.29, 0.717) is 18.9 Å². The number of fused-ring (bicyclic) bond motifs is 4. The van der Waals surface area contributed by atoms with Gasteiger partial charge in [0.2, 0.25) is 5.91 Å². The Bertz CT molecular complexity index is 1340. The van der Waals surface area contributed by atoms with E-state index in [2.05, 4.69) is 25.5 Å². The second-order valence-electron chi connectivity index (χ2n) is 8.46. The number of nitrogens with one attached hydrogen (secondary N) is 2. The lowest BCUT2D eigenvalue weighted by molar-refractivity contribution is -0.201. The molecule has 1 atom stereocenters. The molecule has 2 N–H and O–H groups in total. The molecule has 9 nitrogen and oxygen atoms in total. The number of aryl methyl sites for hydroxylation is 1. The van der Waals surface area contributed by atoms with Crippen molar-refractivity contribution in [2.45, 2.75) is 32.1 Å². The molecule has 4 aromatic rings. The molecule has 4 heterocycles. The SMILES string of the molecule is COc1cc2[nH]ncc2cc1Nc1ncnc2sc3c(c12)CC[C@H](C(=O)N1CCCCO1)C3. The molecular weight excluding hydrogens is 440 g/mol. The third-order valence-corrected chi connectivity index (χ3v) is 7.62. The zero-order valence-corrected chi connectivity index (χ0v) is 19.1. The van der Waals surface area contributed by atoms with Crippen molar-refractivity contribution in [1.29, 1.82) is 0 Å². The maximum Gasteiger partial charge on any atom is 0.249 e. The lowest BCUT2D eigenvalue weighted by Crippen LogP contribution is -2.41. The Labute approximate surface area is 194 Å². The van der Waals surface area contributed by atoms with E-state index in [1.54, 1.807) is 36.0 Å². The molecule has 1 aliphatic carbocycles. The van der Waals surface area contributed by atoms with Crippen molar-refractivity contribution in [2.24, 2.45) is 5.92 Å². The summed E-state index contributed by atoms with van der Waals surface area (Å²) >= 11 is 1.66. The first-order valence-electron chi connectivity index (χ1n) is 11.2. The molecule has 33 heavy (non-hydrogen) atoms. The highest BCUT2D eigenvalue weighted by atomic mass is 32.1. The number of methoxy groups -OCH3 is 1. The van der Waals surface area contributed by atoms with Crippen LogP contribution in [0.25, 0.3) is 21.1 Å². The van der Waals surface area contributed by atoms with Gasteiger partial charge in [0.25, 0.3) is 0 Å². The number of H-pyrrole nitrogens is 1. The molecule has 1 saturated heterocycles. The van der Waals surface area contributed by atoms with E-state index in [4.69, 9.17) is 9.57 Å². The minimum absolute atomic E-state index is 0.0448. The van der Waals surface area contributed by atoms with Gasteiger partial charge in [-0.15, -0.1) is 11.3 Å². The minimum Gasteiger partial charge on any atom is -0.494 e. The van der Waals surface area contributed by atoms with Gasteiger partial charge in [-0.1, -0.05) is 0 Å². The van der Waals surface area contributed by atoms with Gasteiger partial charge in [-0.05, 0) is 43.7 Å².